The van der Waals surface area contributed by atoms with Gasteiger partial charge in [-0.2, -0.15) is 0 Å². The van der Waals surface area contributed by atoms with E-state index in [0.29, 0.717) is 38.5 Å². The fourth-order valence-electron chi connectivity index (χ4n) is 5.14. The summed E-state index contributed by atoms with van der Waals surface area (Å²) in [6.45, 7) is 10.2. The second-order valence-corrected chi connectivity index (χ2v) is 11.3. The number of fused-ring (bicyclic) bond motifs is 1. The summed E-state index contributed by atoms with van der Waals surface area (Å²) in [4.78, 5) is 32.5. The number of carbonyl (C=O) groups is 1. The summed E-state index contributed by atoms with van der Waals surface area (Å²) in [5, 5.41) is 0. The minimum Gasteiger partial charge on any atom is -0.494 e. The second-order valence-electron chi connectivity index (χ2n) is 9.41. The van der Waals surface area contributed by atoms with Crippen molar-refractivity contribution < 1.29 is 14.3 Å². The molecule has 2 aromatic carbocycles. The van der Waals surface area contributed by atoms with E-state index in [1.165, 1.54) is 11.3 Å². The van der Waals surface area contributed by atoms with E-state index in [4.69, 9.17) is 14.5 Å². The molecular formula is C31H30BrN3O4S. The van der Waals surface area contributed by atoms with Crippen molar-refractivity contribution in [1.82, 2.24) is 9.13 Å². The Morgan fingerprint density at radius 1 is 1.07 bits per heavy atom. The molecule has 4 aromatic rings. The van der Waals surface area contributed by atoms with Crippen molar-refractivity contribution in [2.45, 2.75) is 40.7 Å². The lowest BCUT2D eigenvalue weighted by Crippen LogP contribution is -2.40. The van der Waals surface area contributed by atoms with Gasteiger partial charge in [-0.1, -0.05) is 45.5 Å². The fourth-order valence-corrected chi connectivity index (χ4v) is 6.44. The molecule has 1 aliphatic rings. The summed E-state index contributed by atoms with van der Waals surface area (Å²) < 4.78 is 16.7. The number of hydrogen-bond donors (Lipinski definition) is 0. The van der Waals surface area contributed by atoms with Crippen LogP contribution in [-0.2, 0) is 9.53 Å². The number of esters is 1. The molecule has 5 rings (SSSR count). The Labute approximate surface area is 244 Å². The molecule has 0 saturated carbocycles. The Bertz CT molecular complexity index is 1810. The van der Waals surface area contributed by atoms with Gasteiger partial charge in [-0.05, 0) is 82.7 Å². The van der Waals surface area contributed by atoms with Gasteiger partial charge in [0.1, 0.15) is 11.8 Å². The molecule has 0 unspecified atom stereocenters. The van der Waals surface area contributed by atoms with Gasteiger partial charge >= 0.3 is 5.97 Å². The van der Waals surface area contributed by atoms with Gasteiger partial charge in [0.05, 0.1) is 29.0 Å². The lowest BCUT2D eigenvalue weighted by molar-refractivity contribution is -0.139. The number of aryl methyl sites for hydroxylation is 1. The highest BCUT2D eigenvalue weighted by molar-refractivity contribution is 9.10. The summed E-state index contributed by atoms with van der Waals surface area (Å²) >= 11 is 4.81. The molecule has 0 saturated heterocycles. The Morgan fingerprint density at radius 2 is 1.80 bits per heavy atom. The van der Waals surface area contributed by atoms with E-state index in [2.05, 4.69) is 38.7 Å². The number of thiazole rings is 1. The quantitative estimate of drug-likeness (QED) is 0.261. The molecule has 0 fully saturated rings. The summed E-state index contributed by atoms with van der Waals surface area (Å²) in [6.07, 6.45) is 1.91. The van der Waals surface area contributed by atoms with Crippen LogP contribution in [0.4, 0.5) is 0 Å². The van der Waals surface area contributed by atoms with E-state index in [1.807, 2.05) is 63.2 Å². The van der Waals surface area contributed by atoms with E-state index >= 15 is 0 Å². The first-order valence-electron chi connectivity index (χ1n) is 13.1. The average Bonchev–Trinajstić information content (AvgIpc) is 3.38. The van der Waals surface area contributed by atoms with Crippen LogP contribution < -0.4 is 19.6 Å². The second kappa shape index (κ2) is 11.4. The van der Waals surface area contributed by atoms with Crippen LogP contribution in [0.25, 0.3) is 11.8 Å². The predicted molar refractivity (Wildman–Crippen MR) is 161 cm³/mol. The molecule has 206 valence electrons. The maximum atomic E-state index is 14.1. The molecule has 1 atom stereocenters. The van der Waals surface area contributed by atoms with Crippen molar-refractivity contribution >= 4 is 39.3 Å². The van der Waals surface area contributed by atoms with E-state index in [0.717, 1.165) is 27.1 Å². The molecule has 0 bridgehead atoms. The number of halogens is 1. The molecule has 2 aromatic heterocycles. The van der Waals surface area contributed by atoms with Crippen molar-refractivity contribution in [3.05, 3.63) is 113 Å². The SMILES string of the molecule is CCOC(=O)C1=C(C)N=c2s/c(=C\c3cc(C)n(-c4ccc(Br)cc4)c3C)c(=O)n2[C@@H]1c1ccccc1OCC. The fraction of sp³-hybridized carbons (Fsp3) is 0.258. The molecule has 40 heavy (non-hydrogen) atoms. The number of benzene rings is 2. The van der Waals surface area contributed by atoms with Gasteiger partial charge in [-0.25, -0.2) is 9.79 Å². The first-order valence-corrected chi connectivity index (χ1v) is 14.7. The minimum atomic E-state index is -0.726. The van der Waals surface area contributed by atoms with Gasteiger partial charge in [-0.15, -0.1) is 0 Å². The van der Waals surface area contributed by atoms with Crippen LogP contribution in [-0.4, -0.2) is 28.3 Å². The largest absolute Gasteiger partial charge is 0.494 e. The number of ether oxygens (including phenoxy) is 2. The lowest BCUT2D eigenvalue weighted by Gasteiger charge is -2.26. The van der Waals surface area contributed by atoms with Gasteiger partial charge in [0.15, 0.2) is 4.80 Å². The number of carbonyl (C=O) groups excluding carboxylic acids is 1. The zero-order valence-corrected chi connectivity index (χ0v) is 25.4. The van der Waals surface area contributed by atoms with E-state index in [-0.39, 0.29) is 12.2 Å². The van der Waals surface area contributed by atoms with Crippen molar-refractivity contribution in [2.75, 3.05) is 13.2 Å². The van der Waals surface area contributed by atoms with Crippen LogP contribution in [0.15, 0.2) is 80.1 Å². The Hall–Kier alpha value is -3.69. The monoisotopic (exact) mass is 619 g/mol. The molecule has 1 aliphatic heterocycles. The summed E-state index contributed by atoms with van der Waals surface area (Å²) in [5.41, 5.74) is 5.41. The zero-order chi connectivity index (χ0) is 28.6. The smallest absolute Gasteiger partial charge is 0.338 e. The molecule has 0 radical (unpaired) electrons. The summed E-state index contributed by atoms with van der Waals surface area (Å²) in [6, 6.07) is 17.0. The minimum absolute atomic E-state index is 0.216. The van der Waals surface area contributed by atoms with E-state index < -0.39 is 12.0 Å². The molecular weight excluding hydrogens is 590 g/mol. The molecule has 7 nitrogen and oxygen atoms in total. The molecule has 0 aliphatic carbocycles. The van der Waals surface area contributed by atoms with Crippen molar-refractivity contribution in [3.8, 4) is 11.4 Å². The topological polar surface area (TPSA) is 74.8 Å². The predicted octanol–water partition coefficient (Wildman–Crippen LogP) is 5.37. The normalized spacial score (nSPS) is 15.2. The van der Waals surface area contributed by atoms with Crippen LogP contribution >= 0.6 is 27.3 Å². The molecule has 0 spiro atoms. The van der Waals surface area contributed by atoms with Crippen LogP contribution in [0.3, 0.4) is 0 Å². The van der Waals surface area contributed by atoms with Gasteiger partial charge in [0.25, 0.3) is 5.56 Å². The highest BCUT2D eigenvalue weighted by Crippen LogP contribution is 2.36. The number of hydrogen-bond acceptors (Lipinski definition) is 6. The van der Waals surface area contributed by atoms with E-state index in [9.17, 15) is 9.59 Å². The number of allylic oxidation sites excluding steroid dienone is 1. The average molecular weight is 621 g/mol. The maximum Gasteiger partial charge on any atom is 0.338 e. The van der Waals surface area contributed by atoms with Gasteiger partial charge in [0.2, 0.25) is 0 Å². The number of para-hydroxylation sites is 1. The number of rotatable bonds is 7. The molecule has 3 heterocycles. The van der Waals surface area contributed by atoms with Crippen LogP contribution in [0, 0.1) is 13.8 Å². The van der Waals surface area contributed by atoms with Crippen molar-refractivity contribution in [2.24, 2.45) is 4.99 Å². The molecule has 0 amide bonds. The standard InChI is InChI=1S/C31H30BrN3O4S/c1-6-38-25-11-9-8-10-24(25)28-27(30(37)39-7-2)19(4)33-31-35(28)29(36)26(40-31)17-21-16-18(3)34(20(21)5)23-14-12-22(32)13-15-23/h8-17,28H,6-7H2,1-5H3/b26-17-/t28-/m1/s1. The summed E-state index contributed by atoms with van der Waals surface area (Å²) in [5.74, 6) is 0.117. The Balaban J connectivity index is 1.71. The van der Waals surface area contributed by atoms with Crippen LogP contribution in [0.1, 0.15) is 49.3 Å². The van der Waals surface area contributed by atoms with Crippen molar-refractivity contribution in [1.29, 1.82) is 0 Å². The zero-order valence-electron chi connectivity index (χ0n) is 23.0. The lowest BCUT2D eigenvalue weighted by atomic mass is 9.95. The Kier molecular flexibility index (Phi) is 7.96. The third kappa shape index (κ3) is 4.99. The first-order chi connectivity index (χ1) is 19.2. The number of aromatic nitrogens is 2. The highest BCUT2D eigenvalue weighted by Gasteiger charge is 2.35. The van der Waals surface area contributed by atoms with Gasteiger partial charge in [0, 0.05) is 27.1 Å². The third-order valence-electron chi connectivity index (χ3n) is 6.87. The van der Waals surface area contributed by atoms with Gasteiger partial charge in [-0.3, -0.25) is 9.36 Å². The highest BCUT2D eigenvalue weighted by atomic mass is 79.9. The Morgan fingerprint density at radius 3 is 2.50 bits per heavy atom. The van der Waals surface area contributed by atoms with Gasteiger partial charge < -0.3 is 14.0 Å². The molecule has 9 heteroatoms. The first kappa shape index (κ1) is 27.9. The number of nitrogens with zero attached hydrogens (tertiary/aromatic N) is 3. The van der Waals surface area contributed by atoms with E-state index in [1.54, 1.807) is 18.4 Å². The molecule has 0 N–H and O–H groups in total. The van der Waals surface area contributed by atoms with Crippen LogP contribution in [0.2, 0.25) is 0 Å². The summed E-state index contributed by atoms with van der Waals surface area (Å²) in [7, 11) is 0. The van der Waals surface area contributed by atoms with Crippen LogP contribution in [0.5, 0.6) is 5.75 Å². The van der Waals surface area contributed by atoms with Crippen molar-refractivity contribution in [3.63, 3.8) is 0 Å². The maximum absolute atomic E-state index is 14.1. The third-order valence-corrected chi connectivity index (χ3v) is 8.38.